The maximum absolute atomic E-state index is 13.9. The highest BCUT2D eigenvalue weighted by atomic mass is 32.2. The van der Waals surface area contributed by atoms with E-state index in [1.54, 1.807) is 49.4 Å². The molecule has 9 heteroatoms. The van der Waals surface area contributed by atoms with Crippen LogP contribution in [0.25, 0.3) is 0 Å². The lowest BCUT2D eigenvalue weighted by Gasteiger charge is -2.32. The summed E-state index contributed by atoms with van der Waals surface area (Å²) in [5, 5.41) is 2.93. The van der Waals surface area contributed by atoms with Gasteiger partial charge in [-0.1, -0.05) is 61.5 Å². The van der Waals surface area contributed by atoms with Crippen molar-refractivity contribution in [1.82, 2.24) is 10.2 Å². The Morgan fingerprint density at radius 3 is 2.16 bits per heavy atom. The molecule has 2 amide bonds. The van der Waals surface area contributed by atoms with E-state index in [1.807, 2.05) is 44.2 Å². The number of methoxy groups -OCH3 is 1. The second kappa shape index (κ2) is 13.1. The zero-order valence-electron chi connectivity index (χ0n) is 22.2. The van der Waals surface area contributed by atoms with Gasteiger partial charge in [-0.3, -0.25) is 13.9 Å². The van der Waals surface area contributed by atoms with Crippen molar-refractivity contribution in [3.63, 3.8) is 0 Å². The van der Waals surface area contributed by atoms with Gasteiger partial charge < -0.3 is 15.0 Å². The highest BCUT2D eigenvalue weighted by Crippen LogP contribution is 2.27. The Morgan fingerprint density at radius 2 is 1.55 bits per heavy atom. The first-order chi connectivity index (χ1) is 18.2. The lowest BCUT2D eigenvalue weighted by Crippen LogP contribution is -2.52. The monoisotopic (exact) mass is 537 g/mol. The van der Waals surface area contributed by atoms with E-state index in [4.69, 9.17) is 4.74 Å². The molecule has 2 atom stereocenters. The number of nitrogens with one attached hydrogen (secondary N) is 1. The van der Waals surface area contributed by atoms with Crippen molar-refractivity contribution in [2.24, 2.45) is 0 Å². The summed E-state index contributed by atoms with van der Waals surface area (Å²) in [6.07, 6.45) is 0.740. The molecule has 2 unspecified atom stereocenters. The van der Waals surface area contributed by atoms with Gasteiger partial charge in [0, 0.05) is 18.7 Å². The molecule has 0 aromatic heterocycles. The Bertz CT molecular complexity index is 1320. The standard InChI is InChI=1S/C29H35N3O5S/c1-5-22(2)30-29(34)23(3)31(20-24-13-8-6-9-14-24)28(33)21-32(25-15-12-16-26(19-25)37-4)38(35,36)27-17-10-7-11-18-27/h6-19,22-23H,5,20-21H2,1-4H3,(H,30,34). The summed E-state index contributed by atoms with van der Waals surface area (Å²) in [6.45, 7) is 5.15. The molecule has 0 radical (unpaired) electrons. The van der Waals surface area contributed by atoms with E-state index in [2.05, 4.69) is 5.32 Å². The van der Waals surface area contributed by atoms with E-state index in [0.29, 0.717) is 5.75 Å². The Morgan fingerprint density at radius 1 is 0.921 bits per heavy atom. The average molecular weight is 538 g/mol. The maximum atomic E-state index is 13.9. The van der Waals surface area contributed by atoms with Crippen LogP contribution in [0.5, 0.6) is 5.75 Å². The highest BCUT2D eigenvalue weighted by molar-refractivity contribution is 7.92. The van der Waals surface area contributed by atoms with Crippen LogP contribution < -0.4 is 14.4 Å². The Kier molecular flexibility index (Phi) is 9.90. The van der Waals surface area contributed by atoms with Crippen LogP contribution in [0.2, 0.25) is 0 Å². The van der Waals surface area contributed by atoms with Crippen molar-refractivity contribution in [2.75, 3.05) is 18.0 Å². The van der Waals surface area contributed by atoms with Gasteiger partial charge in [-0.15, -0.1) is 0 Å². The molecule has 0 bridgehead atoms. The molecular weight excluding hydrogens is 502 g/mol. The fraction of sp³-hybridized carbons (Fsp3) is 0.310. The first-order valence-corrected chi connectivity index (χ1v) is 14.0. The fourth-order valence-corrected chi connectivity index (χ4v) is 5.27. The molecule has 3 rings (SSSR count). The van der Waals surface area contributed by atoms with Gasteiger partial charge in [-0.25, -0.2) is 8.42 Å². The van der Waals surface area contributed by atoms with Crippen molar-refractivity contribution in [1.29, 1.82) is 0 Å². The minimum atomic E-state index is -4.12. The van der Waals surface area contributed by atoms with Gasteiger partial charge in [0.1, 0.15) is 18.3 Å². The van der Waals surface area contributed by atoms with Crippen LogP contribution in [-0.4, -0.2) is 50.9 Å². The van der Waals surface area contributed by atoms with Gasteiger partial charge in [-0.2, -0.15) is 0 Å². The topological polar surface area (TPSA) is 96.0 Å². The lowest BCUT2D eigenvalue weighted by molar-refractivity contribution is -0.139. The minimum Gasteiger partial charge on any atom is -0.497 e. The number of hydrogen-bond acceptors (Lipinski definition) is 5. The van der Waals surface area contributed by atoms with E-state index in [9.17, 15) is 18.0 Å². The van der Waals surface area contributed by atoms with Crippen LogP contribution in [0.4, 0.5) is 5.69 Å². The third-order valence-corrected chi connectivity index (χ3v) is 8.10. The summed E-state index contributed by atoms with van der Waals surface area (Å²) in [7, 11) is -2.63. The molecule has 3 aromatic rings. The number of nitrogens with zero attached hydrogens (tertiary/aromatic N) is 2. The number of carbonyl (C=O) groups excluding carboxylic acids is 2. The number of ether oxygens (including phenoxy) is 1. The third kappa shape index (κ3) is 7.13. The highest BCUT2D eigenvalue weighted by Gasteiger charge is 2.32. The number of rotatable bonds is 12. The zero-order valence-corrected chi connectivity index (χ0v) is 23.0. The fourth-order valence-electron chi connectivity index (χ4n) is 3.84. The van der Waals surface area contributed by atoms with Gasteiger partial charge in [0.15, 0.2) is 0 Å². The van der Waals surface area contributed by atoms with Gasteiger partial charge in [0.05, 0.1) is 17.7 Å². The minimum absolute atomic E-state index is 0.0489. The number of anilines is 1. The molecule has 0 aliphatic carbocycles. The van der Waals surface area contributed by atoms with Crippen molar-refractivity contribution >= 4 is 27.5 Å². The van der Waals surface area contributed by atoms with Crippen LogP contribution in [-0.2, 0) is 26.2 Å². The van der Waals surface area contributed by atoms with Gasteiger partial charge >= 0.3 is 0 Å². The largest absolute Gasteiger partial charge is 0.497 e. The first-order valence-electron chi connectivity index (χ1n) is 12.5. The second-order valence-electron chi connectivity index (χ2n) is 9.03. The van der Waals surface area contributed by atoms with Crippen LogP contribution >= 0.6 is 0 Å². The molecule has 202 valence electrons. The van der Waals surface area contributed by atoms with Crippen LogP contribution in [0, 0.1) is 0 Å². The number of hydrogen-bond donors (Lipinski definition) is 1. The van der Waals surface area contributed by atoms with Crippen LogP contribution in [0.3, 0.4) is 0 Å². The lowest BCUT2D eigenvalue weighted by atomic mass is 10.1. The molecule has 0 saturated heterocycles. The predicted molar refractivity (Wildman–Crippen MR) is 148 cm³/mol. The Balaban J connectivity index is 2.02. The summed E-state index contributed by atoms with van der Waals surface area (Å²) in [6, 6.07) is 22.9. The quantitative estimate of drug-likeness (QED) is 0.373. The van der Waals surface area contributed by atoms with E-state index in [0.717, 1.165) is 16.3 Å². The second-order valence-corrected chi connectivity index (χ2v) is 10.9. The molecule has 0 aliphatic rings. The van der Waals surface area contributed by atoms with Crippen molar-refractivity contribution in [2.45, 2.75) is 50.7 Å². The van der Waals surface area contributed by atoms with Gasteiger partial charge in [-0.05, 0) is 50.1 Å². The molecule has 0 aliphatic heterocycles. The summed E-state index contributed by atoms with van der Waals surface area (Å²) >= 11 is 0. The summed E-state index contributed by atoms with van der Waals surface area (Å²) in [5.41, 5.74) is 1.10. The number of benzene rings is 3. The molecule has 8 nitrogen and oxygen atoms in total. The zero-order chi connectivity index (χ0) is 27.7. The molecule has 38 heavy (non-hydrogen) atoms. The van der Waals surface area contributed by atoms with E-state index in [1.165, 1.54) is 24.1 Å². The number of amides is 2. The molecule has 0 heterocycles. The average Bonchev–Trinajstić information content (AvgIpc) is 2.94. The molecular formula is C29H35N3O5S. The van der Waals surface area contributed by atoms with Gasteiger partial charge in [0.2, 0.25) is 11.8 Å². The molecule has 0 fully saturated rings. The van der Waals surface area contributed by atoms with Crippen LogP contribution in [0.15, 0.2) is 89.8 Å². The van der Waals surface area contributed by atoms with Crippen LogP contribution in [0.1, 0.15) is 32.8 Å². The summed E-state index contributed by atoms with van der Waals surface area (Å²) in [5.74, 6) is -0.365. The molecule has 0 saturated carbocycles. The number of sulfonamides is 1. The maximum Gasteiger partial charge on any atom is 0.264 e. The first kappa shape index (κ1) is 28.7. The third-order valence-electron chi connectivity index (χ3n) is 6.32. The van der Waals surface area contributed by atoms with Crippen molar-refractivity contribution in [3.05, 3.63) is 90.5 Å². The predicted octanol–water partition coefficient (Wildman–Crippen LogP) is 4.22. The Hall–Kier alpha value is -3.85. The number of carbonyl (C=O) groups is 2. The van der Waals surface area contributed by atoms with Crippen molar-refractivity contribution in [3.8, 4) is 5.75 Å². The molecule has 1 N–H and O–H groups in total. The normalized spacial score (nSPS) is 12.7. The van der Waals surface area contributed by atoms with E-state index < -0.39 is 28.5 Å². The van der Waals surface area contributed by atoms with E-state index in [-0.39, 0.29) is 29.1 Å². The summed E-state index contributed by atoms with van der Waals surface area (Å²) in [4.78, 5) is 28.4. The Labute approximate surface area is 225 Å². The summed E-state index contributed by atoms with van der Waals surface area (Å²) < 4.78 is 33.9. The molecule has 0 spiro atoms. The smallest absolute Gasteiger partial charge is 0.264 e. The SMILES string of the molecule is CCC(C)NC(=O)C(C)N(Cc1ccccc1)C(=O)CN(c1cccc(OC)c1)S(=O)(=O)c1ccccc1. The van der Waals surface area contributed by atoms with Gasteiger partial charge in [0.25, 0.3) is 10.0 Å². The molecule has 3 aromatic carbocycles. The van der Waals surface area contributed by atoms with E-state index >= 15 is 0 Å². The van der Waals surface area contributed by atoms with Crippen molar-refractivity contribution < 1.29 is 22.7 Å².